The van der Waals surface area contributed by atoms with E-state index < -0.39 is 17.6 Å². The highest BCUT2D eigenvalue weighted by Gasteiger charge is 2.51. The minimum atomic E-state index is -1.18. The van der Waals surface area contributed by atoms with E-state index in [4.69, 9.17) is 4.74 Å². The van der Waals surface area contributed by atoms with Crippen molar-refractivity contribution in [1.29, 1.82) is 0 Å². The van der Waals surface area contributed by atoms with Gasteiger partial charge < -0.3 is 9.84 Å². The van der Waals surface area contributed by atoms with E-state index >= 15 is 0 Å². The second-order valence-electron chi connectivity index (χ2n) is 6.49. The van der Waals surface area contributed by atoms with Gasteiger partial charge in [0.05, 0.1) is 12.7 Å². The molecule has 0 spiro atoms. The predicted octanol–water partition coefficient (Wildman–Crippen LogP) is 3.16. The average molecular weight is 325 g/mol. The molecule has 2 atom stereocenters. The van der Waals surface area contributed by atoms with Crippen molar-refractivity contribution in [2.45, 2.75) is 38.5 Å². The van der Waals surface area contributed by atoms with Gasteiger partial charge in [0, 0.05) is 0 Å². The van der Waals surface area contributed by atoms with Crippen molar-refractivity contribution in [3.05, 3.63) is 70.8 Å². The number of aliphatic carboxylic acids is 1. The van der Waals surface area contributed by atoms with Crippen LogP contribution in [0.3, 0.4) is 0 Å². The average Bonchev–Trinajstić information content (AvgIpc) is 2.98. The Kier molecular flexibility index (Phi) is 4.69. The summed E-state index contributed by atoms with van der Waals surface area (Å²) in [6.45, 7) is 5.15. The van der Waals surface area contributed by atoms with Gasteiger partial charge in [0.1, 0.15) is 0 Å². The maximum Gasteiger partial charge on any atom is 0.331 e. The molecule has 2 aromatic carbocycles. The van der Waals surface area contributed by atoms with E-state index in [0.717, 1.165) is 11.1 Å². The summed E-state index contributed by atoms with van der Waals surface area (Å²) < 4.78 is 6.09. The van der Waals surface area contributed by atoms with Crippen molar-refractivity contribution < 1.29 is 14.6 Å². The summed E-state index contributed by atoms with van der Waals surface area (Å²) in [5, 5.41) is 13.1. The third-order valence-electron chi connectivity index (χ3n) is 4.59. The molecule has 0 aliphatic carbocycles. The highest BCUT2D eigenvalue weighted by Crippen LogP contribution is 2.34. The van der Waals surface area contributed by atoms with Crippen LogP contribution in [-0.4, -0.2) is 23.7 Å². The van der Waals surface area contributed by atoms with Crippen molar-refractivity contribution in [3.8, 4) is 0 Å². The minimum Gasteiger partial charge on any atom is -0.480 e. The molecule has 126 valence electrons. The van der Waals surface area contributed by atoms with Gasteiger partial charge in [-0.15, -0.1) is 0 Å². The predicted molar refractivity (Wildman–Crippen MR) is 92.9 cm³/mol. The number of carbonyl (C=O) groups is 1. The molecule has 2 unspecified atom stereocenters. The van der Waals surface area contributed by atoms with Crippen LogP contribution < -0.4 is 5.32 Å². The van der Waals surface area contributed by atoms with Gasteiger partial charge in [0.25, 0.3) is 0 Å². The number of hydrogen-bond acceptors (Lipinski definition) is 3. The highest BCUT2D eigenvalue weighted by molar-refractivity contribution is 5.82. The molecule has 1 aliphatic rings. The number of hydrogen-bond donors (Lipinski definition) is 2. The molecule has 0 saturated carbocycles. The first kappa shape index (κ1) is 16.7. The van der Waals surface area contributed by atoms with E-state index in [-0.39, 0.29) is 0 Å². The van der Waals surface area contributed by atoms with Crippen molar-refractivity contribution in [1.82, 2.24) is 5.32 Å². The zero-order valence-corrected chi connectivity index (χ0v) is 14.1. The number of aryl methyl sites for hydroxylation is 2. The van der Waals surface area contributed by atoms with Crippen LogP contribution in [0.2, 0.25) is 0 Å². The number of nitrogens with one attached hydrogen (secondary N) is 1. The molecular formula is C20H23NO3. The fourth-order valence-corrected chi connectivity index (χ4v) is 3.61. The number of benzene rings is 2. The molecule has 1 fully saturated rings. The monoisotopic (exact) mass is 325 g/mol. The summed E-state index contributed by atoms with van der Waals surface area (Å²) >= 11 is 0. The summed E-state index contributed by atoms with van der Waals surface area (Å²) in [6.07, 6.45) is 0.268. The number of ether oxygens (including phenoxy) is 1. The molecule has 1 saturated heterocycles. The fourth-order valence-electron chi connectivity index (χ4n) is 3.61. The van der Waals surface area contributed by atoms with E-state index in [1.165, 1.54) is 11.1 Å². The first-order valence-corrected chi connectivity index (χ1v) is 8.25. The normalized spacial score (nSPS) is 23.3. The van der Waals surface area contributed by atoms with Crippen LogP contribution in [0.5, 0.6) is 0 Å². The molecule has 2 aromatic rings. The third-order valence-corrected chi connectivity index (χ3v) is 4.59. The van der Waals surface area contributed by atoms with E-state index in [2.05, 4.69) is 37.4 Å². The Labute approximate surface area is 142 Å². The van der Waals surface area contributed by atoms with Crippen LogP contribution in [-0.2, 0) is 21.7 Å². The van der Waals surface area contributed by atoms with Crippen LogP contribution >= 0.6 is 0 Å². The van der Waals surface area contributed by atoms with Gasteiger partial charge in [-0.3, -0.25) is 5.32 Å². The molecule has 4 heteroatoms. The number of rotatable bonds is 5. The lowest BCUT2D eigenvalue weighted by Gasteiger charge is -2.31. The van der Waals surface area contributed by atoms with Crippen molar-refractivity contribution in [3.63, 3.8) is 0 Å². The molecule has 0 radical (unpaired) electrons. The Bertz CT molecular complexity index is 709. The van der Waals surface area contributed by atoms with Crippen molar-refractivity contribution >= 4 is 5.97 Å². The first-order chi connectivity index (χ1) is 11.5. The van der Waals surface area contributed by atoms with Gasteiger partial charge in [-0.2, -0.15) is 0 Å². The van der Waals surface area contributed by atoms with Gasteiger partial charge in [-0.25, -0.2) is 4.79 Å². The topological polar surface area (TPSA) is 58.6 Å². The fraction of sp³-hybridized carbons (Fsp3) is 0.350. The van der Waals surface area contributed by atoms with Crippen LogP contribution in [0.15, 0.2) is 48.5 Å². The molecule has 4 nitrogen and oxygen atoms in total. The Balaban J connectivity index is 1.84. The Morgan fingerprint density at radius 2 is 1.88 bits per heavy atom. The van der Waals surface area contributed by atoms with Gasteiger partial charge in [0.2, 0.25) is 0 Å². The summed E-state index contributed by atoms with van der Waals surface area (Å²) in [6, 6.07) is 15.6. The Morgan fingerprint density at radius 3 is 2.50 bits per heavy atom. The van der Waals surface area contributed by atoms with Crippen LogP contribution in [0.25, 0.3) is 0 Å². The van der Waals surface area contributed by atoms with Crippen LogP contribution in [0.1, 0.15) is 28.7 Å². The quantitative estimate of drug-likeness (QED) is 0.886. The molecule has 3 rings (SSSR count). The Morgan fingerprint density at radius 1 is 1.21 bits per heavy atom. The lowest BCUT2D eigenvalue weighted by atomic mass is 9.86. The third kappa shape index (κ3) is 3.07. The second kappa shape index (κ2) is 6.75. The van der Waals surface area contributed by atoms with Gasteiger partial charge in [-0.1, -0.05) is 59.7 Å². The molecule has 0 bridgehead atoms. The summed E-state index contributed by atoms with van der Waals surface area (Å²) in [5.41, 5.74) is 3.00. The van der Waals surface area contributed by atoms with Crippen LogP contribution in [0, 0.1) is 13.8 Å². The summed E-state index contributed by atoms with van der Waals surface area (Å²) in [7, 11) is 0. The number of carboxylic acid groups (broad SMARTS) is 1. The van der Waals surface area contributed by atoms with Crippen LogP contribution in [0.4, 0.5) is 0 Å². The Hall–Kier alpha value is -2.17. The maximum absolute atomic E-state index is 12.1. The van der Waals surface area contributed by atoms with E-state index in [9.17, 15) is 9.90 Å². The van der Waals surface area contributed by atoms with Gasteiger partial charge in [-0.05, 0) is 37.9 Å². The molecule has 0 amide bonds. The largest absolute Gasteiger partial charge is 0.480 e. The minimum absolute atomic E-state index is 0.404. The molecule has 1 aliphatic heterocycles. The highest BCUT2D eigenvalue weighted by atomic mass is 16.5. The van der Waals surface area contributed by atoms with E-state index in [0.29, 0.717) is 19.6 Å². The van der Waals surface area contributed by atoms with Gasteiger partial charge >= 0.3 is 5.97 Å². The lowest BCUT2D eigenvalue weighted by Crippen LogP contribution is -2.52. The number of carboxylic acids is 1. The maximum atomic E-state index is 12.1. The molecular weight excluding hydrogens is 302 g/mol. The zero-order valence-electron chi connectivity index (χ0n) is 14.1. The van der Waals surface area contributed by atoms with Crippen molar-refractivity contribution in [2.75, 3.05) is 6.54 Å². The van der Waals surface area contributed by atoms with Gasteiger partial charge in [0.15, 0.2) is 5.54 Å². The first-order valence-electron chi connectivity index (χ1n) is 8.25. The summed E-state index contributed by atoms with van der Waals surface area (Å²) in [5.74, 6) is -0.892. The lowest BCUT2D eigenvalue weighted by molar-refractivity contribution is -0.151. The smallest absolute Gasteiger partial charge is 0.331 e. The van der Waals surface area contributed by atoms with Crippen molar-refractivity contribution in [2.24, 2.45) is 0 Å². The molecule has 1 heterocycles. The zero-order chi connectivity index (χ0) is 17.2. The standard InChI is InChI=1S/C20H23NO3/c1-14-10-15(2)12-16(11-14)13-24-18-8-9-21-20(18,19(22)23)17-6-4-3-5-7-17/h3-7,10-12,18,21H,8-9,13H2,1-2H3,(H,22,23). The van der Waals surface area contributed by atoms with E-state index in [1.807, 2.05) is 30.3 Å². The van der Waals surface area contributed by atoms with E-state index in [1.54, 1.807) is 0 Å². The SMILES string of the molecule is Cc1cc(C)cc(COC2CCNC2(C(=O)O)c2ccccc2)c1. The molecule has 0 aromatic heterocycles. The summed E-state index contributed by atoms with van der Waals surface area (Å²) in [4.78, 5) is 12.1. The molecule has 2 N–H and O–H groups in total. The molecule has 24 heavy (non-hydrogen) atoms. The second-order valence-corrected chi connectivity index (χ2v) is 6.49.